The van der Waals surface area contributed by atoms with Gasteiger partial charge in [-0.05, 0) is 44.5 Å². The number of nitrogens with zero attached hydrogens (tertiary/aromatic N) is 3. The topological polar surface area (TPSA) is 76.6 Å². The van der Waals surface area contributed by atoms with Gasteiger partial charge in [0, 0.05) is 11.6 Å². The fourth-order valence-corrected chi connectivity index (χ4v) is 2.80. The smallest absolute Gasteiger partial charge is 0.323 e. The molecule has 0 bridgehead atoms. The summed E-state index contributed by atoms with van der Waals surface area (Å²) >= 11 is 0. The van der Waals surface area contributed by atoms with Gasteiger partial charge in [0.15, 0.2) is 5.82 Å². The number of ether oxygens (including phenoxy) is 2. The Morgan fingerprint density at radius 2 is 2.16 bits per heavy atom. The minimum absolute atomic E-state index is 0.236. The van der Waals surface area contributed by atoms with Crippen molar-refractivity contribution in [1.82, 2.24) is 15.1 Å². The first-order chi connectivity index (χ1) is 11.9. The van der Waals surface area contributed by atoms with Gasteiger partial charge >= 0.3 is 6.03 Å². The number of aryl methyl sites for hydroxylation is 1. The lowest BCUT2D eigenvalue weighted by Gasteiger charge is -2.29. The van der Waals surface area contributed by atoms with Gasteiger partial charge in [0.25, 0.3) is 0 Å². The van der Waals surface area contributed by atoms with Crippen molar-refractivity contribution in [2.24, 2.45) is 0 Å². The number of aromatic nitrogens is 2. The SMILES string of the molecule is COc1ccc2c(c1)OC(C)(C)CN(C(=O)Nc1cc(C)cnn1)C2. The largest absolute Gasteiger partial charge is 0.497 e. The number of methoxy groups -OCH3 is 1. The molecule has 0 radical (unpaired) electrons. The lowest BCUT2D eigenvalue weighted by atomic mass is 10.1. The number of hydrogen-bond donors (Lipinski definition) is 1. The molecule has 3 rings (SSSR count). The minimum atomic E-state index is -0.534. The molecule has 1 aromatic carbocycles. The van der Waals surface area contributed by atoms with Gasteiger partial charge in [-0.1, -0.05) is 0 Å². The van der Waals surface area contributed by atoms with Gasteiger partial charge in [-0.2, -0.15) is 5.10 Å². The Morgan fingerprint density at radius 3 is 2.88 bits per heavy atom. The standard InChI is InChI=1S/C18H22N4O3/c1-12-7-16(21-19-9-12)20-17(23)22-10-13-5-6-14(24-4)8-15(13)25-18(2,3)11-22/h5-9H,10-11H2,1-4H3,(H,20,21,23). The highest BCUT2D eigenvalue weighted by Crippen LogP contribution is 2.32. The lowest BCUT2D eigenvalue weighted by Crippen LogP contribution is -2.45. The van der Waals surface area contributed by atoms with Crippen LogP contribution < -0.4 is 14.8 Å². The maximum Gasteiger partial charge on any atom is 0.323 e. The Hall–Kier alpha value is -2.83. The molecule has 1 N–H and O–H groups in total. The number of urea groups is 1. The summed E-state index contributed by atoms with van der Waals surface area (Å²) in [5.74, 6) is 1.89. The molecule has 132 valence electrons. The number of amides is 2. The van der Waals surface area contributed by atoms with Crippen molar-refractivity contribution < 1.29 is 14.3 Å². The van der Waals surface area contributed by atoms with Gasteiger partial charge in [-0.3, -0.25) is 5.32 Å². The Bertz CT molecular complexity index is 792. The number of carbonyl (C=O) groups is 1. The third-order valence-corrected chi connectivity index (χ3v) is 3.91. The van der Waals surface area contributed by atoms with E-state index >= 15 is 0 Å². The van der Waals surface area contributed by atoms with E-state index in [1.807, 2.05) is 39.0 Å². The van der Waals surface area contributed by atoms with Crippen LogP contribution in [0, 0.1) is 6.92 Å². The molecule has 1 aliphatic heterocycles. The maximum absolute atomic E-state index is 12.7. The molecule has 2 amide bonds. The molecule has 1 aliphatic rings. The normalized spacial score (nSPS) is 15.6. The van der Waals surface area contributed by atoms with Crippen LogP contribution in [0.4, 0.5) is 10.6 Å². The van der Waals surface area contributed by atoms with E-state index in [0.717, 1.165) is 22.6 Å². The predicted octanol–water partition coefficient (Wildman–Crippen LogP) is 3.00. The fourth-order valence-electron chi connectivity index (χ4n) is 2.80. The van der Waals surface area contributed by atoms with Crippen molar-refractivity contribution in [3.8, 4) is 11.5 Å². The van der Waals surface area contributed by atoms with Gasteiger partial charge in [0.1, 0.15) is 17.1 Å². The lowest BCUT2D eigenvalue weighted by molar-refractivity contribution is 0.0832. The van der Waals surface area contributed by atoms with E-state index in [-0.39, 0.29) is 6.03 Å². The number of anilines is 1. The highest BCUT2D eigenvalue weighted by molar-refractivity contribution is 5.88. The molecular weight excluding hydrogens is 320 g/mol. The first kappa shape index (κ1) is 17.0. The molecule has 0 aliphatic carbocycles. The van der Waals surface area contributed by atoms with E-state index in [0.29, 0.717) is 18.9 Å². The average molecular weight is 342 g/mol. The summed E-state index contributed by atoms with van der Waals surface area (Å²) in [7, 11) is 1.62. The summed E-state index contributed by atoms with van der Waals surface area (Å²) in [6.07, 6.45) is 1.64. The molecule has 7 nitrogen and oxygen atoms in total. The first-order valence-electron chi connectivity index (χ1n) is 8.07. The van der Waals surface area contributed by atoms with Crippen LogP contribution in [0.1, 0.15) is 25.0 Å². The number of hydrogen-bond acceptors (Lipinski definition) is 5. The summed E-state index contributed by atoms with van der Waals surface area (Å²) in [4.78, 5) is 14.4. The number of benzene rings is 1. The fraction of sp³-hybridized carbons (Fsp3) is 0.389. The first-order valence-corrected chi connectivity index (χ1v) is 8.07. The Morgan fingerprint density at radius 1 is 1.36 bits per heavy atom. The van der Waals surface area contributed by atoms with E-state index in [2.05, 4.69) is 15.5 Å². The summed E-state index contributed by atoms with van der Waals surface area (Å²) in [6.45, 7) is 6.68. The molecule has 0 spiro atoms. The zero-order valence-electron chi connectivity index (χ0n) is 14.9. The summed E-state index contributed by atoms with van der Waals surface area (Å²) in [5.41, 5.74) is 1.33. The molecule has 1 aromatic heterocycles. The second-order valence-electron chi connectivity index (χ2n) is 6.74. The Balaban J connectivity index is 1.84. The molecule has 7 heteroatoms. The summed E-state index contributed by atoms with van der Waals surface area (Å²) < 4.78 is 11.4. The minimum Gasteiger partial charge on any atom is -0.497 e. The summed E-state index contributed by atoms with van der Waals surface area (Å²) in [5, 5.41) is 10.6. The predicted molar refractivity (Wildman–Crippen MR) is 93.9 cm³/mol. The van der Waals surface area contributed by atoms with Crippen molar-refractivity contribution in [3.63, 3.8) is 0 Å². The molecule has 2 aromatic rings. The van der Waals surface area contributed by atoms with Gasteiger partial charge < -0.3 is 14.4 Å². The molecule has 0 fully saturated rings. The molecular formula is C18H22N4O3. The number of fused-ring (bicyclic) bond motifs is 1. The van der Waals surface area contributed by atoms with Crippen molar-refractivity contribution in [3.05, 3.63) is 41.6 Å². The summed E-state index contributed by atoms with van der Waals surface area (Å²) in [6, 6.07) is 7.18. The van der Waals surface area contributed by atoms with E-state index < -0.39 is 5.60 Å². The van der Waals surface area contributed by atoms with Crippen molar-refractivity contribution in [2.45, 2.75) is 32.9 Å². The second kappa shape index (κ2) is 6.58. The average Bonchev–Trinajstić information content (AvgIpc) is 2.68. The van der Waals surface area contributed by atoms with E-state index in [1.165, 1.54) is 0 Å². The molecule has 0 saturated carbocycles. The van der Waals surface area contributed by atoms with Crippen molar-refractivity contribution in [1.29, 1.82) is 0 Å². The third-order valence-electron chi connectivity index (χ3n) is 3.91. The molecule has 2 heterocycles. The van der Waals surface area contributed by atoms with Gasteiger partial charge in [-0.15, -0.1) is 5.10 Å². The maximum atomic E-state index is 12.7. The van der Waals surface area contributed by atoms with E-state index in [4.69, 9.17) is 9.47 Å². The third kappa shape index (κ3) is 3.99. The van der Waals surface area contributed by atoms with Crippen LogP contribution in [0.15, 0.2) is 30.5 Å². The molecule has 0 saturated heterocycles. The van der Waals surface area contributed by atoms with Crippen LogP contribution in [0.25, 0.3) is 0 Å². The molecule has 0 atom stereocenters. The van der Waals surface area contributed by atoms with Crippen molar-refractivity contribution in [2.75, 3.05) is 19.0 Å². The molecule has 0 unspecified atom stereocenters. The molecule has 25 heavy (non-hydrogen) atoms. The highest BCUT2D eigenvalue weighted by Gasteiger charge is 2.32. The van der Waals surface area contributed by atoms with E-state index in [9.17, 15) is 4.79 Å². The Labute approximate surface area is 147 Å². The number of carbonyl (C=O) groups excluding carboxylic acids is 1. The van der Waals surface area contributed by atoms with Gasteiger partial charge in [0.2, 0.25) is 0 Å². The van der Waals surface area contributed by atoms with Crippen LogP contribution in [-0.2, 0) is 6.54 Å². The Kier molecular flexibility index (Phi) is 4.48. The van der Waals surface area contributed by atoms with Gasteiger partial charge in [0.05, 0.1) is 26.4 Å². The van der Waals surface area contributed by atoms with E-state index in [1.54, 1.807) is 24.3 Å². The highest BCUT2D eigenvalue weighted by atomic mass is 16.5. The zero-order valence-corrected chi connectivity index (χ0v) is 14.9. The monoisotopic (exact) mass is 342 g/mol. The quantitative estimate of drug-likeness (QED) is 0.908. The van der Waals surface area contributed by atoms with Crippen LogP contribution >= 0.6 is 0 Å². The van der Waals surface area contributed by atoms with Gasteiger partial charge in [-0.25, -0.2) is 4.79 Å². The van der Waals surface area contributed by atoms with Crippen LogP contribution in [0.5, 0.6) is 11.5 Å². The van der Waals surface area contributed by atoms with Crippen LogP contribution in [-0.4, -0.2) is 40.4 Å². The second-order valence-corrected chi connectivity index (χ2v) is 6.74. The van der Waals surface area contributed by atoms with Crippen LogP contribution in [0.3, 0.4) is 0 Å². The number of nitrogens with one attached hydrogen (secondary N) is 1. The van der Waals surface area contributed by atoms with Crippen molar-refractivity contribution >= 4 is 11.8 Å². The number of rotatable bonds is 2. The zero-order chi connectivity index (χ0) is 18.0. The van der Waals surface area contributed by atoms with Crippen LogP contribution in [0.2, 0.25) is 0 Å².